The lowest BCUT2D eigenvalue weighted by Crippen LogP contribution is -2.47. The smallest absolute Gasteiger partial charge is 0.319 e. The molecule has 2 aromatic carbocycles. The monoisotopic (exact) mass is 374 g/mol. The molecule has 1 aliphatic rings. The number of amides is 2. The van der Waals surface area contributed by atoms with Gasteiger partial charge in [-0.2, -0.15) is 0 Å². The van der Waals surface area contributed by atoms with Gasteiger partial charge in [0.25, 0.3) is 0 Å². The van der Waals surface area contributed by atoms with Crippen LogP contribution in [0.1, 0.15) is 6.42 Å². The Hall–Kier alpha value is -2.67. The Morgan fingerprint density at radius 3 is 2.44 bits per heavy atom. The van der Waals surface area contributed by atoms with Gasteiger partial charge in [-0.15, -0.1) is 0 Å². The van der Waals surface area contributed by atoms with Gasteiger partial charge in [0.05, 0.1) is 5.69 Å². The summed E-state index contributed by atoms with van der Waals surface area (Å²) in [5.41, 5.74) is 1.22. The van der Waals surface area contributed by atoms with Crippen molar-refractivity contribution in [2.45, 2.75) is 6.42 Å². The van der Waals surface area contributed by atoms with Gasteiger partial charge in [-0.25, -0.2) is 13.6 Å². The highest BCUT2D eigenvalue weighted by Crippen LogP contribution is 2.16. The van der Waals surface area contributed by atoms with E-state index in [0.29, 0.717) is 6.54 Å². The lowest BCUT2D eigenvalue weighted by Gasteiger charge is -2.36. The number of rotatable bonds is 6. The summed E-state index contributed by atoms with van der Waals surface area (Å²) in [6.07, 6.45) is 0.810. The molecule has 0 bridgehead atoms. The molecule has 1 heterocycles. The van der Waals surface area contributed by atoms with Crippen LogP contribution in [0.25, 0.3) is 0 Å². The average Bonchev–Trinajstić information content (AvgIpc) is 2.69. The first kappa shape index (κ1) is 19.1. The third-order valence-electron chi connectivity index (χ3n) is 4.61. The van der Waals surface area contributed by atoms with Gasteiger partial charge in [-0.1, -0.05) is 18.2 Å². The van der Waals surface area contributed by atoms with Crippen LogP contribution in [0.5, 0.6) is 0 Å². The average molecular weight is 374 g/mol. The predicted molar refractivity (Wildman–Crippen MR) is 103 cm³/mol. The highest BCUT2D eigenvalue weighted by molar-refractivity contribution is 5.89. The number of carbonyl (C=O) groups is 1. The van der Waals surface area contributed by atoms with E-state index in [0.717, 1.165) is 51.3 Å². The SMILES string of the molecule is O=C(NCCCN1CCN(c2ccccc2)CC1)Nc1ccc(F)cc1F. The van der Waals surface area contributed by atoms with Crippen LogP contribution in [0.3, 0.4) is 0 Å². The van der Waals surface area contributed by atoms with Gasteiger partial charge in [0.1, 0.15) is 11.6 Å². The Morgan fingerprint density at radius 1 is 1.00 bits per heavy atom. The number of hydrogen-bond donors (Lipinski definition) is 2. The van der Waals surface area contributed by atoms with Crippen LogP contribution < -0.4 is 15.5 Å². The molecule has 0 atom stereocenters. The first-order chi connectivity index (χ1) is 13.1. The second kappa shape index (κ2) is 9.32. The molecule has 2 N–H and O–H groups in total. The number of carbonyl (C=O) groups excluding carboxylic acids is 1. The van der Waals surface area contributed by atoms with E-state index in [1.807, 2.05) is 6.07 Å². The summed E-state index contributed by atoms with van der Waals surface area (Å²) in [6.45, 7) is 5.34. The quantitative estimate of drug-likeness (QED) is 0.763. The third-order valence-corrected chi connectivity index (χ3v) is 4.61. The molecule has 3 rings (SSSR count). The molecular weight excluding hydrogens is 350 g/mol. The molecule has 0 aromatic heterocycles. The van der Waals surface area contributed by atoms with Crippen LogP contribution >= 0.6 is 0 Å². The number of piperazine rings is 1. The zero-order valence-electron chi connectivity index (χ0n) is 15.1. The fraction of sp³-hybridized carbons (Fsp3) is 0.350. The van der Waals surface area contributed by atoms with Crippen LogP contribution in [0.15, 0.2) is 48.5 Å². The topological polar surface area (TPSA) is 47.6 Å². The minimum atomic E-state index is -0.790. The minimum absolute atomic E-state index is 0.0362. The standard InChI is InChI=1S/C20H24F2N4O/c21-16-7-8-19(18(22)15-16)24-20(27)23-9-4-10-25-11-13-26(14-12-25)17-5-2-1-3-6-17/h1-3,5-8,15H,4,9-14H2,(H2,23,24,27). The highest BCUT2D eigenvalue weighted by Gasteiger charge is 2.16. The van der Waals surface area contributed by atoms with Crippen molar-refractivity contribution in [1.82, 2.24) is 10.2 Å². The van der Waals surface area contributed by atoms with Gasteiger partial charge in [0.15, 0.2) is 0 Å². The molecule has 7 heteroatoms. The number of halogens is 2. The molecule has 0 aliphatic carbocycles. The van der Waals surface area contributed by atoms with E-state index in [1.54, 1.807) is 0 Å². The van der Waals surface area contributed by atoms with Crippen molar-refractivity contribution in [3.63, 3.8) is 0 Å². The molecule has 0 unspecified atom stereocenters. The number of para-hydroxylation sites is 1. The number of anilines is 2. The lowest BCUT2D eigenvalue weighted by atomic mass is 10.2. The van der Waals surface area contributed by atoms with Crippen molar-refractivity contribution in [3.8, 4) is 0 Å². The second-order valence-corrected chi connectivity index (χ2v) is 6.52. The van der Waals surface area contributed by atoms with Gasteiger partial charge in [-0.3, -0.25) is 4.90 Å². The summed E-state index contributed by atoms with van der Waals surface area (Å²) in [5, 5.41) is 5.09. The highest BCUT2D eigenvalue weighted by atomic mass is 19.1. The number of urea groups is 1. The fourth-order valence-electron chi connectivity index (χ4n) is 3.13. The van der Waals surface area contributed by atoms with E-state index < -0.39 is 17.7 Å². The van der Waals surface area contributed by atoms with Crippen molar-refractivity contribution in [1.29, 1.82) is 0 Å². The zero-order valence-corrected chi connectivity index (χ0v) is 15.1. The van der Waals surface area contributed by atoms with Crippen LogP contribution in [0.4, 0.5) is 25.0 Å². The second-order valence-electron chi connectivity index (χ2n) is 6.52. The van der Waals surface area contributed by atoms with Crippen molar-refractivity contribution in [2.75, 3.05) is 49.5 Å². The Morgan fingerprint density at radius 2 is 1.74 bits per heavy atom. The van der Waals surface area contributed by atoms with E-state index in [1.165, 1.54) is 11.8 Å². The summed E-state index contributed by atoms with van der Waals surface area (Å²) >= 11 is 0. The van der Waals surface area contributed by atoms with Crippen molar-refractivity contribution in [3.05, 3.63) is 60.2 Å². The maximum absolute atomic E-state index is 13.5. The Labute approximate surface area is 158 Å². The molecule has 2 amide bonds. The molecular formula is C20H24F2N4O. The van der Waals surface area contributed by atoms with Crippen LogP contribution in [-0.4, -0.2) is 50.2 Å². The van der Waals surface area contributed by atoms with Gasteiger partial charge < -0.3 is 15.5 Å². The summed E-state index contributed by atoms with van der Waals surface area (Å²) < 4.78 is 26.4. The molecule has 0 spiro atoms. The molecule has 1 aliphatic heterocycles. The number of benzene rings is 2. The number of nitrogens with zero attached hydrogens (tertiary/aromatic N) is 2. The molecule has 0 saturated carbocycles. The molecule has 2 aromatic rings. The third kappa shape index (κ3) is 5.65. The lowest BCUT2D eigenvalue weighted by molar-refractivity contribution is 0.244. The molecule has 27 heavy (non-hydrogen) atoms. The molecule has 144 valence electrons. The summed E-state index contributed by atoms with van der Waals surface area (Å²) in [5.74, 6) is -1.47. The van der Waals surface area contributed by atoms with Gasteiger partial charge >= 0.3 is 6.03 Å². The van der Waals surface area contributed by atoms with E-state index in [-0.39, 0.29) is 5.69 Å². The summed E-state index contributed by atoms with van der Waals surface area (Å²) in [6, 6.07) is 12.9. The molecule has 1 saturated heterocycles. The number of nitrogens with one attached hydrogen (secondary N) is 2. The van der Waals surface area contributed by atoms with Gasteiger partial charge in [0, 0.05) is 44.5 Å². The van der Waals surface area contributed by atoms with Crippen LogP contribution in [-0.2, 0) is 0 Å². The number of hydrogen-bond acceptors (Lipinski definition) is 3. The summed E-state index contributed by atoms with van der Waals surface area (Å²) in [7, 11) is 0. The minimum Gasteiger partial charge on any atom is -0.369 e. The molecule has 1 fully saturated rings. The Kier molecular flexibility index (Phi) is 6.59. The van der Waals surface area contributed by atoms with E-state index in [4.69, 9.17) is 0 Å². The normalized spacial score (nSPS) is 14.8. The van der Waals surface area contributed by atoms with Crippen molar-refractivity contribution >= 4 is 17.4 Å². The van der Waals surface area contributed by atoms with Gasteiger partial charge in [-0.05, 0) is 37.2 Å². The maximum atomic E-state index is 13.5. The van der Waals surface area contributed by atoms with Gasteiger partial charge in [0.2, 0.25) is 0 Å². The summed E-state index contributed by atoms with van der Waals surface area (Å²) in [4.78, 5) is 16.5. The van der Waals surface area contributed by atoms with Crippen molar-refractivity contribution in [2.24, 2.45) is 0 Å². The van der Waals surface area contributed by atoms with E-state index in [9.17, 15) is 13.6 Å². The predicted octanol–water partition coefficient (Wildman–Crippen LogP) is 3.30. The first-order valence-electron chi connectivity index (χ1n) is 9.14. The Bertz CT molecular complexity index is 749. The van der Waals surface area contributed by atoms with E-state index in [2.05, 4.69) is 44.7 Å². The molecule has 0 radical (unpaired) electrons. The maximum Gasteiger partial charge on any atom is 0.319 e. The Balaban J connectivity index is 1.32. The first-order valence-corrected chi connectivity index (χ1v) is 9.14. The van der Waals surface area contributed by atoms with E-state index >= 15 is 0 Å². The fourth-order valence-corrected chi connectivity index (χ4v) is 3.13. The zero-order chi connectivity index (χ0) is 19.1. The molecule has 5 nitrogen and oxygen atoms in total. The van der Waals surface area contributed by atoms with Crippen molar-refractivity contribution < 1.29 is 13.6 Å². The van der Waals surface area contributed by atoms with Crippen LogP contribution in [0, 0.1) is 11.6 Å². The largest absolute Gasteiger partial charge is 0.369 e. The van der Waals surface area contributed by atoms with Crippen LogP contribution in [0.2, 0.25) is 0 Å².